The zero-order chi connectivity index (χ0) is 12.3. The molecule has 1 aliphatic heterocycles. The number of nitriles is 1. The molecule has 0 aromatic heterocycles. The van der Waals surface area contributed by atoms with E-state index in [2.05, 4.69) is 13.0 Å². The Kier molecular flexibility index (Phi) is 4.06. The molecule has 3 heteroatoms. The molecule has 3 unspecified atom stereocenters. The van der Waals surface area contributed by atoms with E-state index in [-0.39, 0.29) is 5.92 Å². The van der Waals surface area contributed by atoms with Crippen LogP contribution in [0.1, 0.15) is 45.4 Å². The second-order valence-corrected chi connectivity index (χ2v) is 5.86. The van der Waals surface area contributed by atoms with E-state index in [9.17, 15) is 10.4 Å². The quantitative estimate of drug-likeness (QED) is 0.802. The van der Waals surface area contributed by atoms with Crippen molar-refractivity contribution >= 4 is 0 Å². The maximum Gasteiger partial charge on any atom is 0.0837 e. The first-order chi connectivity index (χ1) is 8.18. The predicted octanol–water partition coefficient (Wildman–Crippen LogP) is 2.49. The van der Waals surface area contributed by atoms with Crippen LogP contribution < -0.4 is 0 Å². The number of hydrogen-bond donors (Lipinski definition) is 1. The minimum absolute atomic E-state index is 0.258. The summed E-state index contributed by atoms with van der Waals surface area (Å²) in [5, 5.41) is 20.1. The molecule has 0 aromatic carbocycles. The van der Waals surface area contributed by atoms with Crippen LogP contribution in [0, 0.1) is 28.6 Å². The second-order valence-electron chi connectivity index (χ2n) is 5.86. The van der Waals surface area contributed by atoms with Crippen LogP contribution >= 0.6 is 0 Å². The molecule has 1 saturated carbocycles. The van der Waals surface area contributed by atoms with Crippen LogP contribution in [0.2, 0.25) is 0 Å². The van der Waals surface area contributed by atoms with Gasteiger partial charge in [0.15, 0.2) is 0 Å². The van der Waals surface area contributed by atoms with E-state index in [1.54, 1.807) is 0 Å². The first kappa shape index (κ1) is 12.9. The minimum Gasteiger partial charge on any atom is -0.391 e. The summed E-state index contributed by atoms with van der Waals surface area (Å²) < 4.78 is 5.33. The summed E-state index contributed by atoms with van der Waals surface area (Å²) in [6, 6.07) is 2.45. The third kappa shape index (κ3) is 2.64. The molecular formula is C14H23NO2. The van der Waals surface area contributed by atoms with Gasteiger partial charge in [-0.25, -0.2) is 0 Å². The zero-order valence-corrected chi connectivity index (χ0v) is 10.7. The Morgan fingerprint density at radius 1 is 1.35 bits per heavy atom. The maximum atomic E-state index is 10.6. The lowest BCUT2D eigenvalue weighted by molar-refractivity contribution is -0.0557. The first-order valence-corrected chi connectivity index (χ1v) is 6.85. The van der Waals surface area contributed by atoms with Crippen LogP contribution in [-0.2, 0) is 4.74 Å². The van der Waals surface area contributed by atoms with Gasteiger partial charge in [0.1, 0.15) is 0 Å². The fourth-order valence-electron chi connectivity index (χ4n) is 3.51. The van der Waals surface area contributed by atoms with E-state index in [1.807, 2.05) is 0 Å². The van der Waals surface area contributed by atoms with Crippen molar-refractivity contribution in [2.45, 2.75) is 51.6 Å². The highest BCUT2D eigenvalue weighted by Gasteiger charge is 2.45. The van der Waals surface area contributed by atoms with Gasteiger partial charge in [0.25, 0.3) is 0 Å². The van der Waals surface area contributed by atoms with Crippen LogP contribution in [0.15, 0.2) is 0 Å². The largest absolute Gasteiger partial charge is 0.391 e. The molecule has 0 amide bonds. The molecule has 2 fully saturated rings. The molecule has 2 aliphatic rings. The molecule has 0 aromatic rings. The van der Waals surface area contributed by atoms with Crippen LogP contribution in [0.3, 0.4) is 0 Å². The Labute approximate surface area is 104 Å². The number of aliphatic hydroxyl groups is 1. The Balaban J connectivity index is 2.08. The molecule has 3 nitrogen and oxygen atoms in total. The lowest BCUT2D eigenvalue weighted by Crippen LogP contribution is -2.44. The molecule has 2 rings (SSSR count). The highest BCUT2D eigenvalue weighted by molar-refractivity contribution is 5.07. The molecule has 3 atom stereocenters. The van der Waals surface area contributed by atoms with Crippen molar-refractivity contribution in [1.29, 1.82) is 5.26 Å². The third-order valence-electron chi connectivity index (χ3n) is 4.53. The van der Waals surface area contributed by atoms with Crippen molar-refractivity contribution in [3.8, 4) is 6.07 Å². The van der Waals surface area contributed by atoms with E-state index >= 15 is 0 Å². The van der Waals surface area contributed by atoms with Gasteiger partial charge in [-0.15, -0.1) is 0 Å². The lowest BCUT2D eigenvalue weighted by atomic mass is 9.64. The van der Waals surface area contributed by atoms with Gasteiger partial charge in [-0.2, -0.15) is 5.26 Å². The van der Waals surface area contributed by atoms with Crippen LogP contribution in [-0.4, -0.2) is 24.4 Å². The van der Waals surface area contributed by atoms with E-state index in [0.717, 1.165) is 45.3 Å². The molecule has 0 spiro atoms. The third-order valence-corrected chi connectivity index (χ3v) is 4.53. The van der Waals surface area contributed by atoms with E-state index < -0.39 is 11.5 Å². The minimum atomic E-state index is -0.486. The monoisotopic (exact) mass is 237 g/mol. The summed E-state index contributed by atoms with van der Waals surface area (Å²) in [7, 11) is 0. The fourth-order valence-corrected chi connectivity index (χ4v) is 3.51. The predicted molar refractivity (Wildman–Crippen MR) is 65.2 cm³/mol. The SMILES string of the molecule is CC1CCCC(C#N)(C(O)C2CCOCC2)C1. The fraction of sp³-hybridized carbons (Fsp3) is 0.929. The molecule has 1 aliphatic carbocycles. The summed E-state index contributed by atoms with van der Waals surface area (Å²) >= 11 is 0. The Hall–Kier alpha value is -0.590. The van der Waals surface area contributed by atoms with Crippen molar-refractivity contribution in [3.05, 3.63) is 0 Å². The zero-order valence-electron chi connectivity index (χ0n) is 10.7. The summed E-state index contributed by atoms with van der Waals surface area (Å²) in [4.78, 5) is 0. The van der Waals surface area contributed by atoms with Crippen LogP contribution in [0.5, 0.6) is 0 Å². The topological polar surface area (TPSA) is 53.2 Å². The normalized spacial score (nSPS) is 37.4. The van der Waals surface area contributed by atoms with Gasteiger partial charge >= 0.3 is 0 Å². The standard InChI is InChI=1S/C14H23NO2/c1-11-3-2-6-14(9-11,10-15)13(16)12-4-7-17-8-5-12/h11-13,16H,2-9H2,1H3. The summed E-state index contributed by atoms with van der Waals surface area (Å²) in [6.07, 6.45) is 5.35. The number of nitrogens with zero attached hydrogens (tertiary/aromatic N) is 1. The van der Waals surface area contributed by atoms with Crippen molar-refractivity contribution in [1.82, 2.24) is 0 Å². The number of rotatable bonds is 2. The number of hydrogen-bond acceptors (Lipinski definition) is 3. The maximum absolute atomic E-state index is 10.6. The Bertz CT molecular complexity index is 293. The molecule has 1 N–H and O–H groups in total. The van der Waals surface area contributed by atoms with Gasteiger partial charge in [0.05, 0.1) is 17.6 Å². The first-order valence-electron chi connectivity index (χ1n) is 6.85. The van der Waals surface area contributed by atoms with Gasteiger partial charge in [-0.3, -0.25) is 0 Å². The van der Waals surface area contributed by atoms with Crippen molar-refractivity contribution in [2.75, 3.05) is 13.2 Å². The van der Waals surface area contributed by atoms with Gasteiger partial charge in [-0.05, 0) is 37.5 Å². The average Bonchev–Trinajstić information content (AvgIpc) is 2.38. The van der Waals surface area contributed by atoms with E-state index in [1.165, 1.54) is 6.42 Å². The molecule has 0 bridgehead atoms. The van der Waals surface area contributed by atoms with Crippen molar-refractivity contribution < 1.29 is 9.84 Å². The summed E-state index contributed by atoms with van der Waals surface area (Å²) in [5.41, 5.74) is -0.486. The number of aliphatic hydroxyl groups excluding tert-OH is 1. The molecule has 17 heavy (non-hydrogen) atoms. The highest BCUT2D eigenvalue weighted by Crippen LogP contribution is 2.45. The van der Waals surface area contributed by atoms with Crippen molar-refractivity contribution in [2.24, 2.45) is 17.3 Å². The average molecular weight is 237 g/mol. The molecule has 1 saturated heterocycles. The Morgan fingerprint density at radius 3 is 2.65 bits per heavy atom. The lowest BCUT2D eigenvalue weighted by Gasteiger charge is -2.42. The van der Waals surface area contributed by atoms with Crippen LogP contribution in [0.4, 0.5) is 0 Å². The Morgan fingerprint density at radius 2 is 2.06 bits per heavy atom. The van der Waals surface area contributed by atoms with Gasteiger partial charge in [-0.1, -0.05) is 19.8 Å². The van der Waals surface area contributed by atoms with Gasteiger partial charge in [0.2, 0.25) is 0 Å². The van der Waals surface area contributed by atoms with Crippen molar-refractivity contribution in [3.63, 3.8) is 0 Å². The smallest absolute Gasteiger partial charge is 0.0837 e. The molecular weight excluding hydrogens is 214 g/mol. The van der Waals surface area contributed by atoms with Crippen LogP contribution in [0.25, 0.3) is 0 Å². The summed E-state index contributed by atoms with van der Waals surface area (Å²) in [5.74, 6) is 0.826. The molecule has 1 heterocycles. The summed E-state index contributed by atoms with van der Waals surface area (Å²) in [6.45, 7) is 3.67. The van der Waals surface area contributed by atoms with E-state index in [0.29, 0.717) is 5.92 Å². The molecule has 0 radical (unpaired) electrons. The van der Waals surface area contributed by atoms with E-state index in [4.69, 9.17) is 4.74 Å². The number of ether oxygens (including phenoxy) is 1. The van der Waals surface area contributed by atoms with Gasteiger partial charge < -0.3 is 9.84 Å². The highest BCUT2D eigenvalue weighted by atomic mass is 16.5. The van der Waals surface area contributed by atoms with Gasteiger partial charge in [0, 0.05) is 13.2 Å². The molecule has 96 valence electrons. The second kappa shape index (κ2) is 5.37.